The molecule has 142 valence electrons. The molecule has 2 aromatic rings. The highest BCUT2D eigenvalue weighted by molar-refractivity contribution is 5.92. The van der Waals surface area contributed by atoms with E-state index in [2.05, 4.69) is 36.3 Å². The predicted octanol–water partition coefficient (Wildman–Crippen LogP) is 3.00. The molecule has 1 aliphatic heterocycles. The van der Waals surface area contributed by atoms with Gasteiger partial charge in [0.2, 0.25) is 5.91 Å². The monoisotopic (exact) mass is 366 g/mol. The lowest BCUT2D eigenvalue weighted by Gasteiger charge is -2.54. The lowest BCUT2D eigenvalue weighted by Crippen LogP contribution is -2.66. The Morgan fingerprint density at radius 2 is 2.26 bits per heavy atom. The largest absolute Gasteiger partial charge is 0.497 e. The maximum atomic E-state index is 12.6. The first-order valence-electron chi connectivity index (χ1n) is 9.39. The number of benzene rings is 1. The number of rotatable bonds is 4. The summed E-state index contributed by atoms with van der Waals surface area (Å²) < 4.78 is 10.5. The number of amides is 1. The molecule has 0 unspecified atom stereocenters. The second kappa shape index (κ2) is 6.89. The van der Waals surface area contributed by atoms with E-state index in [0.29, 0.717) is 0 Å². The van der Waals surface area contributed by atoms with Crippen molar-refractivity contribution in [2.45, 2.75) is 37.3 Å². The molecule has 5 nitrogen and oxygen atoms in total. The Labute approximate surface area is 160 Å². The van der Waals surface area contributed by atoms with Gasteiger partial charge in [0.15, 0.2) is 0 Å². The summed E-state index contributed by atoms with van der Waals surface area (Å²) in [5.41, 5.74) is 3.43. The number of fused-ring (bicyclic) bond motifs is 4. The SMILES string of the molecule is COc1ccc2c(c1)[C@@]1(C)CCN(C)[C@H](C2)[C@H]1NC(=O)/C=C/c1ccoc1. The minimum atomic E-state index is -0.113. The van der Waals surface area contributed by atoms with Crippen molar-refractivity contribution in [1.29, 1.82) is 0 Å². The van der Waals surface area contributed by atoms with Gasteiger partial charge < -0.3 is 19.4 Å². The molecule has 1 N–H and O–H groups in total. The van der Waals surface area contributed by atoms with Crippen LogP contribution in [0, 0.1) is 0 Å². The Morgan fingerprint density at radius 3 is 3.00 bits per heavy atom. The standard InChI is InChI=1S/C22H26N2O3/c1-22-9-10-24(2)19(12-16-5-6-17(26-3)13-18(16)22)21(22)23-20(25)7-4-15-8-11-27-14-15/h4-8,11,13-14,19,21H,9-10,12H2,1-3H3,(H,23,25)/b7-4+/t19-,21-,22-/m1/s1. The first-order chi connectivity index (χ1) is 13.0. The molecule has 0 spiro atoms. The fourth-order valence-corrected chi connectivity index (χ4v) is 4.60. The Balaban J connectivity index is 1.64. The molecule has 2 heterocycles. The van der Waals surface area contributed by atoms with Gasteiger partial charge in [-0.15, -0.1) is 0 Å². The van der Waals surface area contributed by atoms with Gasteiger partial charge in [-0.25, -0.2) is 0 Å². The highest BCUT2D eigenvalue weighted by Crippen LogP contribution is 2.45. The van der Waals surface area contributed by atoms with Gasteiger partial charge in [0, 0.05) is 23.1 Å². The molecule has 3 atom stereocenters. The Kier molecular flexibility index (Phi) is 4.56. The summed E-state index contributed by atoms with van der Waals surface area (Å²) in [4.78, 5) is 15.0. The molecule has 1 fully saturated rings. The van der Waals surface area contributed by atoms with E-state index in [1.165, 1.54) is 11.1 Å². The zero-order chi connectivity index (χ0) is 19.0. The maximum absolute atomic E-state index is 12.6. The molecule has 1 amide bonds. The molecule has 1 aromatic carbocycles. The third-order valence-corrected chi connectivity index (χ3v) is 6.25. The molecular weight excluding hydrogens is 340 g/mol. The van der Waals surface area contributed by atoms with Crippen LogP contribution in [-0.4, -0.2) is 43.6 Å². The number of piperidine rings is 1. The Morgan fingerprint density at radius 1 is 1.41 bits per heavy atom. The van der Waals surface area contributed by atoms with Crippen molar-refractivity contribution in [2.24, 2.45) is 0 Å². The first kappa shape index (κ1) is 17.9. The number of furan rings is 1. The van der Waals surface area contributed by atoms with Crippen LogP contribution in [0.2, 0.25) is 0 Å². The van der Waals surface area contributed by atoms with Crippen molar-refractivity contribution in [2.75, 3.05) is 20.7 Å². The van der Waals surface area contributed by atoms with Crippen molar-refractivity contribution in [1.82, 2.24) is 10.2 Å². The van der Waals surface area contributed by atoms with E-state index < -0.39 is 0 Å². The van der Waals surface area contributed by atoms with Gasteiger partial charge in [-0.2, -0.15) is 0 Å². The molecule has 2 bridgehead atoms. The highest BCUT2D eigenvalue weighted by atomic mass is 16.5. The van der Waals surface area contributed by atoms with Crippen LogP contribution in [0.15, 0.2) is 47.3 Å². The molecule has 0 saturated carbocycles. The normalized spacial score (nSPS) is 27.4. The Bertz CT molecular complexity index is 858. The minimum absolute atomic E-state index is 0.0531. The summed E-state index contributed by atoms with van der Waals surface area (Å²) in [6, 6.07) is 8.53. The van der Waals surface area contributed by atoms with Crippen LogP contribution in [0.1, 0.15) is 30.0 Å². The average molecular weight is 366 g/mol. The molecule has 4 rings (SSSR count). The van der Waals surface area contributed by atoms with E-state index in [4.69, 9.17) is 9.15 Å². The van der Waals surface area contributed by atoms with Gasteiger partial charge in [-0.3, -0.25) is 4.79 Å². The van der Waals surface area contributed by atoms with E-state index in [9.17, 15) is 4.79 Å². The van der Waals surface area contributed by atoms with Gasteiger partial charge in [0.1, 0.15) is 5.75 Å². The summed E-state index contributed by atoms with van der Waals surface area (Å²) in [5, 5.41) is 3.29. The summed E-state index contributed by atoms with van der Waals surface area (Å²) >= 11 is 0. The zero-order valence-electron chi connectivity index (χ0n) is 16.1. The summed E-state index contributed by atoms with van der Waals surface area (Å²) in [7, 11) is 3.85. The van der Waals surface area contributed by atoms with Gasteiger partial charge in [0.05, 0.1) is 25.7 Å². The number of likely N-dealkylation sites (tertiary alicyclic amines) is 1. The van der Waals surface area contributed by atoms with Crippen LogP contribution in [-0.2, 0) is 16.6 Å². The van der Waals surface area contributed by atoms with Crippen LogP contribution in [0.4, 0.5) is 0 Å². The van der Waals surface area contributed by atoms with Crippen LogP contribution < -0.4 is 10.1 Å². The van der Waals surface area contributed by atoms with E-state index in [1.54, 1.807) is 31.8 Å². The predicted molar refractivity (Wildman–Crippen MR) is 105 cm³/mol. The number of ether oxygens (including phenoxy) is 1. The van der Waals surface area contributed by atoms with Gasteiger partial charge in [-0.1, -0.05) is 13.0 Å². The third kappa shape index (κ3) is 3.16. The van der Waals surface area contributed by atoms with Crippen molar-refractivity contribution in [3.8, 4) is 5.75 Å². The molecule has 5 heteroatoms. The van der Waals surface area contributed by atoms with Crippen molar-refractivity contribution in [3.05, 3.63) is 59.6 Å². The van der Waals surface area contributed by atoms with Crippen LogP contribution in [0.25, 0.3) is 6.08 Å². The number of nitrogens with zero attached hydrogens (tertiary/aromatic N) is 1. The van der Waals surface area contributed by atoms with E-state index in [0.717, 1.165) is 30.7 Å². The number of nitrogens with one attached hydrogen (secondary N) is 1. The van der Waals surface area contributed by atoms with E-state index in [1.807, 2.05) is 12.1 Å². The quantitative estimate of drug-likeness (QED) is 0.845. The fourth-order valence-electron chi connectivity index (χ4n) is 4.60. The second-order valence-electron chi connectivity index (χ2n) is 7.82. The van der Waals surface area contributed by atoms with Gasteiger partial charge >= 0.3 is 0 Å². The third-order valence-electron chi connectivity index (χ3n) is 6.25. The molecule has 1 aromatic heterocycles. The van der Waals surface area contributed by atoms with E-state index >= 15 is 0 Å². The number of likely N-dealkylation sites (N-methyl/N-ethyl adjacent to an activating group) is 1. The van der Waals surface area contributed by atoms with Gasteiger partial charge in [-0.05, 0) is 61.8 Å². The maximum Gasteiger partial charge on any atom is 0.244 e. The Hall–Kier alpha value is -2.53. The first-order valence-corrected chi connectivity index (χ1v) is 9.39. The number of methoxy groups -OCH3 is 1. The molecule has 0 radical (unpaired) electrons. The number of carbonyl (C=O) groups is 1. The molecular formula is C22H26N2O3. The average Bonchev–Trinajstić information content (AvgIpc) is 3.19. The van der Waals surface area contributed by atoms with Crippen LogP contribution in [0.3, 0.4) is 0 Å². The molecule has 27 heavy (non-hydrogen) atoms. The second-order valence-corrected chi connectivity index (χ2v) is 7.82. The van der Waals surface area contributed by atoms with Crippen LogP contribution in [0.5, 0.6) is 5.75 Å². The number of hydrogen-bond acceptors (Lipinski definition) is 4. The topological polar surface area (TPSA) is 54.7 Å². The lowest BCUT2D eigenvalue weighted by molar-refractivity contribution is -0.118. The summed E-state index contributed by atoms with van der Waals surface area (Å²) in [6.07, 6.45) is 8.52. The smallest absolute Gasteiger partial charge is 0.244 e. The van der Waals surface area contributed by atoms with Gasteiger partial charge in [0.25, 0.3) is 0 Å². The lowest BCUT2D eigenvalue weighted by atomic mass is 9.61. The van der Waals surface area contributed by atoms with Crippen molar-refractivity contribution < 1.29 is 13.9 Å². The van der Waals surface area contributed by atoms with Crippen LogP contribution >= 0.6 is 0 Å². The zero-order valence-corrected chi connectivity index (χ0v) is 16.1. The van der Waals surface area contributed by atoms with E-state index in [-0.39, 0.29) is 23.4 Å². The number of carbonyl (C=O) groups excluding carboxylic acids is 1. The molecule has 1 aliphatic carbocycles. The van der Waals surface area contributed by atoms with Crippen molar-refractivity contribution in [3.63, 3.8) is 0 Å². The highest BCUT2D eigenvalue weighted by Gasteiger charge is 2.50. The fraction of sp³-hybridized carbons (Fsp3) is 0.409. The molecule has 1 saturated heterocycles. The minimum Gasteiger partial charge on any atom is -0.497 e. The van der Waals surface area contributed by atoms with Crippen molar-refractivity contribution >= 4 is 12.0 Å². The number of hydrogen-bond donors (Lipinski definition) is 1. The summed E-state index contributed by atoms with van der Waals surface area (Å²) in [5.74, 6) is 0.802. The summed E-state index contributed by atoms with van der Waals surface area (Å²) in [6.45, 7) is 3.30. The molecule has 2 aliphatic rings.